The van der Waals surface area contributed by atoms with E-state index in [1.54, 1.807) is 0 Å². The molecule has 35 heavy (non-hydrogen) atoms. The van der Waals surface area contributed by atoms with Crippen LogP contribution in [0.3, 0.4) is 0 Å². The molecule has 4 aliphatic rings. The zero-order valence-electron chi connectivity index (χ0n) is 20.1. The molecule has 2 aromatic carbocycles. The van der Waals surface area contributed by atoms with Crippen molar-refractivity contribution >= 4 is 27.9 Å². The number of carbonyl (C=O) groups is 2. The molecule has 0 N–H and O–H groups in total. The van der Waals surface area contributed by atoms with Crippen LogP contribution in [0.25, 0.3) is 0 Å². The van der Waals surface area contributed by atoms with E-state index in [0.29, 0.717) is 25.0 Å². The van der Waals surface area contributed by atoms with Gasteiger partial charge in [0, 0.05) is 17.2 Å². The van der Waals surface area contributed by atoms with Crippen molar-refractivity contribution in [3.63, 3.8) is 0 Å². The number of ether oxygens (including phenoxy) is 2. The summed E-state index contributed by atoms with van der Waals surface area (Å²) in [6.07, 6.45) is 4.39. The predicted molar refractivity (Wildman–Crippen MR) is 141 cm³/mol. The van der Waals surface area contributed by atoms with E-state index >= 15 is 0 Å². The lowest BCUT2D eigenvalue weighted by Gasteiger charge is -2.23. The van der Waals surface area contributed by atoms with E-state index in [0.717, 1.165) is 37.4 Å². The lowest BCUT2D eigenvalue weighted by atomic mass is 9.75. The van der Waals surface area contributed by atoms with Crippen molar-refractivity contribution < 1.29 is 19.1 Å². The highest BCUT2D eigenvalue weighted by Gasteiger charge is 2.55. The number of carbonyl (C=O) groups excluding carboxylic acids is 2. The summed E-state index contributed by atoms with van der Waals surface area (Å²) in [5, 5.41) is 0.952. The molecule has 4 fully saturated rings. The maximum Gasteiger partial charge on any atom is 0.313 e. The Bertz CT molecular complexity index is 1060. The first-order valence-corrected chi connectivity index (χ1v) is 13.3. The maximum atomic E-state index is 12.1. The van der Waals surface area contributed by atoms with Gasteiger partial charge in [-0.1, -0.05) is 101 Å². The molecule has 0 bridgehead atoms. The van der Waals surface area contributed by atoms with Gasteiger partial charge in [0.15, 0.2) is 0 Å². The Labute approximate surface area is 216 Å². The lowest BCUT2D eigenvalue weighted by molar-refractivity contribution is -0.146. The van der Waals surface area contributed by atoms with Crippen LogP contribution in [0, 0.1) is 23.2 Å². The van der Waals surface area contributed by atoms with Crippen LogP contribution in [0.1, 0.15) is 36.8 Å². The molecular weight excluding hydrogens is 504 g/mol. The average molecular weight is 537 g/mol. The zero-order valence-corrected chi connectivity index (χ0v) is 21.7. The van der Waals surface area contributed by atoms with Crippen LogP contribution in [0.4, 0.5) is 0 Å². The summed E-state index contributed by atoms with van der Waals surface area (Å²) in [4.78, 5) is 23.0. The fourth-order valence-electron chi connectivity index (χ4n) is 5.61. The summed E-state index contributed by atoms with van der Waals surface area (Å²) in [7, 11) is 0. The molecule has 2 aromatic rings. The van der Waals surface area contributed by atoms with Gasteiger partial charge in [0.25, 0.3) is 0 Å². The summed E-state index contributed by atoms with van der Waals surface area (Å²) >= 11 is 3.36. The van der Waals surface area contributed by atoms with Crippen molar-refractivity contribution in [1.82, 2.24) is 0 Å². The minimum absolute atomic E-state index is 0.0105. The quantitative estimate of drug-likeness (QED) is 0.257. The van der Waals surface area contributed by atoms with Crippen molar-refractivity contribution in [3.05, 3.63) is 96.1 Å². The smallest absolute Gasteiger partial charge is 0.313 e. The largest absolute Gasteiger partial charge is 0.465 e. The van der Waals surface area contributed by atoms with E-state index in [9.17, 15) is 9.59 Å². The van der Waals surface area contributed by atoms with E-state index in [-0.39, 0.29) is 23.3 Å². The highest BCUT2D eigenvalue weighted by atomic mass is 79.9. The Morgan fingerprint density at radius 3 is 2.09 bits per heavy atom. The molecule has 184 valence electrons. The summed E-state index contributed by atoms with van der Waals surface area (Å²) in [6, 6.07) is 20.5. The minimum atomic E-state index is -0.321. The number of halogens is 1. The van der Waals surface area contributed by atoms with E-state index in [4.69, 9.17) is 9.47 Å². The highest BCUT2D eigenvalue weighted by molar-refractivity contribution is 9.08. The number of hydrogen-bond donors (Lipinski definition) is 0. The van der Waals surface area contributed by atoms with Gasteiger partial charge in [-0.2, -0.15) is 0 Å². The molecule has 2 saturated heterocycles. The summed E-state index contributed by atoms with van der Waals surface area (Å²) in [5.41, 5.74) is 4.63. The number of esters is 2. The predicted octanol–water partition coefficient (Wildman–Crippen LogP) is 6.45. The number of rotatable bonds is 3. The average Bonchev–Trinajstić information content (AvgIpc) is 3.58. The first-order chi connectivity index (χ1) is 16.9. The molecule has 4 nitrogen and oxygen atoms in total. The third-order valence-electron chi connectivity index (χ3n) is 7.43. The zero-order chi connectivity index (χ0) is 24.8. The van der Waals surface area contributed by atoms with Crippen molar-refractivity contribution in [1.29, 1.82) is 0 Å². The topological polar surface area (TPSA) is 52.6 Å². The molecule has 2 heterocycles. The molecular formula is C30H33BrO4. The summed E-state index contributed by atoms with van der Waals surface area (Å²) < 4.78 is 10.2. The van der Waals surface area contributed by atoms with Crippen LogP contribution in [-0.4, -0.2) is 25.2 Å². The highest BCUT2D eigenvalue weighted by Crippen LogP contribution is 2.52. The third-order valence-corrected chi connectivity index (χ3v) is 8.08. The van der Waals surface area contributed by atoms with E-state index in [1.165, 1.54) is 22.3 Å². The van der Waals surface area contributed by atoms with Crippen LogP contribution in [0.5, 0.6) is 0 Å². The van der Waals surface area contributed by atoms with Gasteiger partial charge in [0.1, 0.15) is 0 Å². The van der Waals surface area contributed by atoms with Gasteiger partial charge in [0.05, 0.1) is 24.5 Å². The normalized spacial score (nSPS) is 28.2. The van der Waals surface area contributed by atoms with Crippen LogP contribution in [-0.2, 0) is 30.8 Å². The number of benzene rings is 2. The van der Waals surface area contributed by atoms with Gasteiger partial charge in [-0.05, 0) is 43.2 Å². The second-order valence-corrected chi connectivity index (χ2v) is 10.6. The number of hydrogen-bond acceptors (Lipinski definition) is 4. The summed E-state index contributed by atoms with van der Waals surface area (Å²) in [5.74, 6) is 0.920. The van der Waals surface area contributed by atoms with E-state index in [1.807, 2.05) is 36.4 Å². The SMILES string of the molecule is BrCc1ccccc1.C=C1CC2COC(=O)C2(Cc2ccccc2)C1.C=C1CC2COC(=O)C2C1. The van der Waals surface area contributed by atoms with Gasteiger partial charge in [0.2, 0.25) is 0 Å². The van der Waals surface area contributed by atoms with Crippen LogP contribution in [0.2, 0.25) is 0 Å². The lowest BCUT2D eigenvalue weighted by Crippen LogP contribution is -2.31. The monoisotopic (exact) mass is 536 g/mol. The van der Waals surface area contributed by atoms with Crippen molar-refractivity contribution in [2.45, 2.75) is 37.4 Å². The number of alkyl halides is 1. The van der Waals surface area contributed by atoms with Crippen LogP contribution >= 0.6 is 15.9 Å². The number of fused-ring (bicyclic) bond motifs is 2. The fraction of sp³-hybridized carbons (Fsp3) is 0.400. The second kappa shape index (κ2) is 11.4. The third kappa shape index (κ3) is 5.95. The van der Waals surface area contributed by atoms with Gasteiger partial charge < -0.3 is 9.47 Å². The van der Waals surface area contributed by atoms with Crippen molar-refractivity contribution in [2.75, 3.05) is 13.2 Å². The van der Waals surface area contributed by atoms with Crippen LogP contribution in [0.15, 0.2) is 85.0 Å². The number of cyclic esters (lactones) is 2. The molecule has 4 unspecified atom stereocenters. The molecule has 0 radical (unpaired) electrons. The van der Waals surface area contributed by atoms with Crippen molar-refractivity contribution in [3.8, 4) is 0 Å². The Morgan fingerprint density at radius 2 is 1.49 bits per heavy atom. The maximum absolute atomic E-state index is 12.1. The van der Waals surface area contributed by atoms with E-state index in [2.05, 4.69) is 53.4 Å². The van der Waals surface area contributed by atoms with Crippen molar-refractivity contribution in [2.24, 2.45) is 23.2 Å². The first-order valence-electron chi connectivity index (χ1n) is 12.2. The molecule has 2 aliphatic carbocycles. The fourth-order valence-corrected chi connectivity index (χ4v) is 5.98. The molecule has 2 saturated carbocycles. The molecule has 0 spiro atoms. The Hall–Kier alpha value is -2.66. The van der Waals surface area contributed by atoms with Crippen LogP contribution < -0.4 is 0 Å². The first kappa shape index (κ1) is 25.4. The minimum Gasteiger partial charge on any atom is -0.465 e. The van der Waals surface area contributed by atoms with Gasteiger partial charge in [-0.3, -0.25) is 9.59 Å². The van der Waals surface area contributed by atoms with Gasteiger partial charge in [-0.15, -0.1) is 0 Å². The van der Waals surface area contributed by atoms with E-state index < -0.39 is 0 Å². The Balaban J connectivity index is 0.000000136. The standard InChI is InChI=1S/C15H16O2.C8H10O2.C7H7Br/c1-11-7-13-10-17-14(16)15(13,8-11)9-12-5-3-2-4-6-12;1-5-2-6-4-10-8(9)7(6)3-5;8-6-7-4-2-1-3-5-7/h2-6,13H,1,7-10H2;6-7H,1-4H2;1-5H,6H2. The Morgan fingerprint density at radius 1 is 0.829 bits per heavy atom. The molecule has 0 amide bonds. The number of allylic oxidation sites excluding steroid dienone is 2. The molecule has 0 aromatic heterocycles. The Kier molecular flexibility index (Phi) is 8.27. The molecule has 6 rings (SSSR count). The van der Waals surface area contributed by atoms with Gasteiger partial charge in [-0.25, -0.2) is 0 Å². The summed E-state index contributed by atoms with van der Waals surface area (Å²) in [6.45, 7) is 9.11. The molecule has 2 aliphatic heterocycles. The second-order valence-electron chi connectivity index (χ2n) is 10.0. The molecule has 4 atom stereocenters. The van der Waals surface area contributed by atoms with Gasteiger partial charge >= 0.3 is 11.9 Å². The molecule has 5 heteroatoms.